The van der Waals surface area contributed by atoms with E-state index in [4.69, 9.17) is 5.14 Å². The van der Waals surface area contributed by atoms with E-state index in [1.54, 1.807) is 12.1 Å². The fourth-order valence-electron chi connectivity index (χ4n) is 4.81. The summed E-state index contributed by atoms with van der Waals surface area (Å²) >= 11 is 1.14. The number of primary sulfonamides is 1. The predicted octanol–water partition coefficient (Wildman–Crippen LogP) is 2.52. The molecule has 0 aromatic heterocycles. The number of amidine groups is 2. The Balaban J connectivity index is 1.14. The lowest BCUT2D eigenvalue weighted by Crippen LogP contribution is -2.42. The summed E-state index contributed by atoms with van der Waals surface area (Å²) in [5.41, 5.74) is 3.35. The van der Waals surface area contributed by atoms with E-state index in [0.29, 0.717) is 36.2 Å². The molecule has 2 aliphatic rings. The van der Waals surface area contributed by atoms with Gasteiger partial charge in [0.25, 0.3) is 5.91 Å². The molecule has 5 rings (SSSR count). The average Bonchev–Trinajstić information content (AvgIpc) is 3.35. The first kappa shape index (κ1) is 31.1. The quantitative estimate of drug-likeness (QED) is 0.278. The third-order valence-corrected chi connectivity index (χ3v) is 8.96. The number of nitrogens with one attached hydrogen (secondary N) is 2. The predicted molar refractivity (Wildman–Crippen MR) is 170 cm³/mol. The van der Waals surface area contributed by atoms with Gasteiger partial charge in [-0.2, -0.15) is 0 Å². The number of sulfonamides is 1. The summed E-state index contributed by atoms with van der Waals surface area (Å²) in [6, 6.07) is 22.7. The van der Waals surface area contributed by atoms with Crippen LogP contribution in [0.3, 0.4) is 0 Å². The zero-order valence-electron chi connectivity index (χ0n) is 23.8. The first-order valence-electron chi connectivity index (χ1n) is 14.1. The van der Waals surface area contributed by atoms with Gasteiger partial charge in [-0.3, -0.25) is 19.4 Å². The highest BCUT2D eigenvalue weighted by Gasteiger charge is 2.41. The van der Waals surface area contributed by atoms with Gasteiger partial charge in [0.05, 0.1) is 16.3 Å². The molecule has 3 amide bonds. The molecule has 4 N–H and O–H groups in total. The number of hydrogen-bond donors (Lipinski definition) is 3. The number of thioether (sulfide) groups is 1. The molecule has 0 bridgehead atoms. The Labute approximate surface area is 260 Å². The minimum atomic E-state index is -3.76. The van der Waals surface area contributed by atoms with Crippen molar-refractivity contribution in [3.05, 3.63) is 95.6 Å². The van der Waals surface area contributed by atoms with Gasteiger partial charge in [0.2, 0.25) is 21.8 Å². The average molecular weight is 633 g/mol. The molecule has 3 aromatic rings. The summed E-state index contributed by atoms with van der Waals surface area (Å²) in [6.45, 7) is 0.851. The molecule has 0 saturated carbocycles. The van der Waals surface area contributed by atoms with Gasteiger partial charge in [-0.1, -0.05) is 66.4 Å². The van der Waals surface area contributed by atoms with E-state index >= 15 is 0 Å². The molecule has 0 spiro atoms. The van der Waals surface area contributed by atoms with E-state index in [1.807, 2.05) is 54.6 Å². The van der Waals surface area contributed by atoms with Gasteiger partial charge >= 0.3 is 0 Å². The number of nitrogens with two attached hydrogens (primary N) is 1. The first-order valence-corrected chi connectivity index (χ1v) is 16.6. The number of carbonyl (C=O) groups excluding carboxylic acids is 3. The molecular formula is C31H32N6O5S2. The maximum atomic E-state index is 13.5. The maximum absolute atomic E-state index is 13.5. The molecule has 0 aliphatic carbocycles. The van der Waals surface area contributed by atoms with Crippen LogP contribution < -0.4 is 15.8 Å². The molecule has 228 valence electrons. The highest BCUT2D eigenvalue weighted by Crippen LogP contribution is 2.34. The molecular weight excluding hydrogens is 601 g/mol. The number of carbonyl (C=O) groups is 3. The van der Waals surface area contributed by atoms with Crippen LogP contribution in [0.25, 0.3) is 0 Å². The first-order chi connectivity index (χ1) is 21.2. The molecule has 1 atom stereocenters. The van der Waals surface area contributed by atoms with Crippen LogP contribution >= 0.6 is 11.8 Å². The van der Waals surface area contributed by atoms with Gasteiger partial charge < -0.3 is 10.6 Å². The van der Waals surface area contributed by atoms with Crippen LogP contribution in [0, 0.1) is 0 Å². The van der Waals surface area contributed by atoms with Crippen LogP contribution in [0.4, 0.5) is 5.69 Å². The Morgan fingerprint density at radius 3 is 2.20 bits per heavy atom. The minimum absolute atomic E-state index is 0.0247. The van der Waals surface area contributed by atoms with Gasteiger partial charge in [-0.25, -0.2) is 23.4 Å². The van der Waals surface area contributed by atoms with Crippen molar-refractivity contribution in [3.63, 3.8) is 0 Å². The zero-order chi connectivity index (χ0) is 31.1. The van der Waals surface area contributed by atoms with E-state index in [9.17, 15) is 22.8 Å². The Hall–Kier alpha value is -4.33. The standard InChI is InChI=1S/C31H32N6O5S2/c32-44(41,42)23-12-10-22(11-13-23)17-19-34-28(39)20-43-31-36-25-9-5-4-8-24(25)29-35-26(30(40)37(29)31)14-15-27(38)33-18-16-21-6-2-1-3-7-21/h1-13,26H,14-20H2,(H,33,38)(H,34,39)(H2,32,41,42)/t26-/m1/s1. The third-order valence-electron chi connectivity index (χ3n) is 7.09. The van der Waals surface area contributed by atoms with E-state index in [0.717, 1.165) is 34.9 Å². The highest BCUT2D eigenvalue weighted by molar-refractivity contribution is 8.14. The Morgan fingerprint density at radius 1 is 0.864 bits per heavy atom. The van der Waals surface area contributed by atoms with Gasteiger partial charge in [0.15, 0.2) is 5.17 Å². The second kappa shape index (κ2) is 14.0. The normalized spacial score (nSPS) is 15.6. The molecule has 0 radical (unpaired) electrons. The highest BCUT2D eigenvalue weighted by atomic mass is 32.2. The lowest BCUT2D eigenvalue weighted by atomic mass is 10.1. The van der Waals surface area contributed by atoms with Crippen LogP contribution in [0.2, 0.25) is 0 Å². The molecule has 0 fully saturated rings. The number of amides is 3. The third kappa shape index (κ3) is 7.78. The van der Waals surface area contributed by atoms with Crippen LogP contribution in [-0.4, -0.2) is 66.9 Å². The van der Waals surface area contributed by atoms with Crippen LogP contribution in [0.15, 0.2) is 93.7 Å². The smallest absolute Gasteiger partial charge is 0.259 e. The van der Waals surface area contributed by atoms with Gasteiger partial charge in [-0.05, 0) is 54.7 Å². The Kier molecular flexibility index (Phi) is 9.88. The van der Waals surface area contributed by atoms with Crippen molar-refractivity contribution >= 4 is 56.2 Å². The van der Waals surface area contributed by atoms with E-state index in [1.165, 1.54) is 17.0 Å². The van der Waals surface area contributed by atoms with Crippen molar-refractivity contribution in [1.82, 2.24) is 15.5 Å². The summed E-state index contributed by atoms with van der Waals surface area (Å²) in [7, 11) is -3.76. The number of fused-ring (bicyclic) bond motifs is 3. The topological polar surface area (TPSA) is 163 Å². The van der Waals surface area contributed by atoms with Crippen molar-refractivity contribution in [1.29, 1.82) is 0 Å². The zero-order valence-corrected chi connectivity index (χ0v) is 25.4. The lowest BCUT2D eigenvalue weighted by Gasteiger charge is -2.25. The van der Waals surface area contributed by atoms with Gasteiger partial charge in [-0.15, -0.1) is 0 Å². The molecule has 11 nitrogen and oxygen atoms in total. The van der Waals surface area contributed by atoms with Gasteiger partial charge in [0.1, 0.15) is 11.9 Å². The number of benzene rings is 3. The Morgan fingerprint density at radius 2 is 1.50 bits per heavy atom. The van der Waals surface area contributed by atoms with E-state index in [-0.39, 0.29) is 41.2 Å². The summed E-state index contributed by atoms with van der Waals surface area (Å²) in [4.78, 5) is 49.4. The summed E-state index contributed by atoms with van der Waals surface area (Å²) in [5, 5.41) is 11.2. The Bertz CT molecular complexity index is 1710. The number of nitrogens with zero attached hydrogens (tertiary/aromatic N) is 3. The molecule has 2 heterocycles. The summed E-state index contributed by atoms with van der Waals surface area (Å²) in [6.07, 6.45) is 1.64. The SMILES string of the molecule is NS(=O)(=O)c1ccc(CCNC(=O)CSC2=Nc3ccccc3C3=N[C@H](CCC(=O)NCCc4ccccc4)C(=O)N23)cc1. The molecule has 2 aliphatic heterocycles. The van der Waals surface area contributed by atoms with E-state index in [2.05, 4.69) is 20.6 Å². The van der Waals surface area contributed by atoms with Crippen LogP contribution in [-0.2, 0) is 37.2 Å². The molecule has 3 aromatic carbocycles. The van der Waals surface area contributed by atoms with E-state index < -0.39 is 16.1 Å². The van der Waals surface area contributed by atoms with Crippen molar-refractivity contribution in [2.75, 3.05) is 18.8 Å². The summed E-state index contributed by atoms with van der Waals surface area (Å²) < 4.78 is 22.8. The van der Waals surface area contributed by atoms with Crippen molar-refractivity contribution in [2.45, 2.75) is 36.6 Å². The number of rotatable bonds is 12. The van der Waals surface area contributed by atoms with Crippen LogP contribution in [0.5, 0.6) is 0 Å². The van der Waals surface area contributed by atoms with Crippen molar-refractivity contribution < 1.29 is 22.8 Å². The van der Waals surface area contributed by atoms with Gasteiger partial charge in [0, 0.05) is 25.1 Å². The lowest BCUT2D eigenvalue weighted by molar-refractivity contribution is -0.125. The molecule has 13 heteroatoms. The van der Waals surface area contributed by atoms with Crippen LogP contribution in [0.1, 0.15) is 29.5 Å². The minimum Gasteiger partial charge on any atom is -0.356 e. The fraction of sp³-hybridized carbons (Fsp3) is 0.258. The second-order valence-electron chi connectivity index (χ2n) is 10.3. The molecule has 0 saturated heterocycles. The second-order valence-corrected chi connectivity index (χ2v) is 12.8. The largest absolute Gasteiger partial charge is 0.356 e. The molecule has 0 unspecified atom stereocenters. The number of hydrogen-bond acceptors (Lipinski definition) is 8. The number of aliphatic imine (C=N–C) groups is 2. The number of para-hydroxylation sites is 1. The van der Waals surface area contributed by atoms with Crippen molar-refractivity contribution in [3.8, 4) is 0 Å². The fourth-order valence-corrected chi connectivity index (χ4v) is 6.15. The monoisotopic (exact) mass is 632 g/mol. The maximum Gasteiger partial charge on any atom is 0.259 e. The van der Waals surface area contributed by atoms with Crippen molar-refractivity contribution in [2.24, 2.45) is 15.1 Å². The summed E-state index contributed by atoms with van der Waals surface area (Å²) in [5.74, 6) is -0.162. The molecule has 44 heavy (non-hydrogen) atoms.